The molecule has 1 aromatic carbocycles. The zero-order chi connectivity index (χ0) is 17.6. The number of ether oxygens (including phenoxy) is 1. The number of imidazole rings is 1. The number of piperidine rings is 1. The number of benzene rings is 1. The molecule has 26 heavy (non-hydrogen) atoms. The van der Waals surface area contributed by atoms with Crippen molar-refractivity contribution < 1.29 is 4.74 Å². The van der Waals surface area contributed by atoms with Crippen molar-refractivity contribution >= 4 is 0 Å². The van der Waals surface area contributed by atoms with Crippen LogP contribution in [0.25, 0.3) is 0 Å². The minimum atomic E-state index is 0.538. The molecule has 1 saturated heterocycles. The number of fused-ring (bicyclic) bond motifs is 1. The fourth-order valence-electron chi connectivity index (χ4n) is 4.88. The predicted octanol–water partition coefficient (Wildman–Crippen LogP) is 2.50. The Labute approximate surface area is 155 Å². The number of nitrogens with zero attached hydrogens (tertiary/aromatic N) is 3. The lowest BCUT2D eigenvalue weighted by Gasteiger charge is -2.29. The first-order valence-corrected chi connectivity index (χ1v) is 9.89. The topological polar surface area (TPSA) is 42.3 Å². The van der Waals surface area contributed by atoms with Crippen molar-refractivity contribution in [3.63, 3.8) is 0 Å². The van der Waals surface area contributed by atoms with Crippen LogP contribution < -0.4 is 10.1 Å². The molecule has 1 spiro atoms. The molecule has 1 atom stereocenters. The van der Waals surface area contributed by atoms with Gasteiger partial charge in [0.15, 0.2) is 0 Å². The fraction of sp³-hybridized carbons (Fsp3) is 0.571. The summed E-state index contributed by atoms with van der Waals surface area (Å²) in [5.41, 5.74) is 3.31. The first-order valence-electron chi connectivity index (χ1n) is 9.89. The van der Waals surface area contributed by atoms with Crippen LogP contribution in [0, 0.1) is 5.41 Å². The molecule has 1 saturated carbocycles. The van der Waals surface area contributed by atoms with Crippen molar-refractivity contribution in [1.82, 2.24) is 19.8 Å². The molecule has 3 aliphatic rings. The number of nitrogens with one attached hydrogen (secondary N) is 1. The Kier molecular flexibility index (Phi) is 4.02. The monoisotopic (exact) mass is 352 g/mol. The zero-order valence-electron chi connectivity index (χ0n) is 15.6. The standard InChI is InChI=1S/C21H28N4O/c1-24-10-9-23-20(24)15-25(19-13-21(19)5-7-22-8-6-21)14-16-2-3-18-17(12-16)4-11-26-18/h2-3,9-10,12,19,22H,4-8,11,13-15H2,1H3. The Morgan fingerprint density at radius 2 is 2.19 bits per heavy atom. The van der Waals surface area contributed by atoms with Gasteiger partial charge in [-0.25, -0.2) is 4.98 Å². The van der Waals surface area contributed by atoms with Crippen molar-refractivity contribution in [2.24, 2.45) is 12.5 Å². The Hall–Kier alpha value is -1.85. The molecule has 2 aliphatic heterocycles. The summed E-state index contributed by atoms with van der Waals surface area (Å²) in [5, 5.41) is 3.52. The van der Waals surface area contributed by atoms with E-state index in [4.69, 9.17) is 4.74 Å². The zero-order valence-corrected chi connectivity index (χ0v) is 15.6. The quantitative estimate of drug-likeness (QED) is 0.898. The number of hydrogen-bond acceptors (Lipinski definition) is 4. The van der Waals surface area contributed by atoms with E-state index in [-0.39, 0.29) is 0 Å². The highest BCUT2D eigenvalue weighted by Gasteiger charge is 2.56. The van der Waals surface area contributed by atoms with Crippen LogP contribution in [0.5, 0.6) is 5.75 Å². The van der Waals surface area contributed by atoms with Crippen LogP contribution in [0.3, 0.4) is 0 Å². The summed E-state index contributed by atoms with van der Waals surface area (Å²) in [4.78, 5) is 7.26. The van der Waals surface area contributed by atoms with E-state index in [1.165, 1.54) is 43.5 Å². The van der Waals surface area contributed by atoms with E-state index in [1.54, 1.807) is 0 Å². The molecule has 1 N–H and O–H groups in total. The second-order valence-corrected chi connectivity index (χ2v) is 8.23. The smallest absolute Gasteiger partial charge is 0.122 e. The van der Waals surface area contributed by atoms with E-state index < -0.39 is 0 Å². The van der Waals surface area contributed by atoms with Gasteiger partial charge in [-0.3, -0.25) is 4.90 Å². The molecule has 3 heterocycles. The molecule has 1 unspecified atom stereocenters. The van der Waals surface area contributed by atoms with Gasteiger partial charge in [-0.1, -0.05) is 12.1 Å². The molecule has 5 heteroatoms. The van der Waals surface area contributed by atoms with E-state index in [1.807, 2.05) is 12.4 Å². The molecule has 2 fully saturated rings. The molecular weight excluding hydrogens is 324 g/mol. The molecule has 5 nitrogen and oxygen atoms in total. The lowest BCUT2D eigenvalue weighted by molar-refractivity contribution is 0.182. The van der Waals surface area contributed by atoms with Gasteiger partial charge in [-0.2, -0.15) is 0 Å². The van der Waals surface area contributed by atoms with Crippen LogP contribution in [0.4, 0.5) is 0 Å². The van der Waals surface area contributed by atoms with Gasteiger partial charge in [0, 0.05) is 38.4 Å². The average molecular weight is 352 g/mol. The van der Waals surface area contributed by atoms with Crippen molar-refractivity contribution in [1.29, 1.82) is 0 Å². The van der Waals surface area contributed by atoms with Gasteiger partial charge in [0.2, 0.25) is 0 Å². The van der Waals surface area contributed by atoms with E-state index >= 15 is 0 Å². The Bertz CT molecular complexity index is 793. The molecule has 5 rings (SSSR count). The van der Waals surface area contributed by atoms with Crippen LogP contribution in [0.2, 0.25) is 0 Å². The molecule has 0 radical (unpaired) electrons. The van der Waals surface area contributed by atoms with E-state index in [9.17, 15) is 0 Å². The molecular formula is C21H28N4O. The number of hydrogen-bond donors (Lipinski definition) is 1. The van der Waals surface area contributed by atoms with Crippen molar-refractivity contribution in [3.05, 3.63) is 47.5 Å². The van der Waals surface area contributed by atoms with E-state index in [0.717, 1.165) is 37.7 Å². The van der Waals surface area contributed by atoms with Gasteiger partial charge in [-0.15, -0.1) is 0 Å². The predicted molar refractivity (Wildman–Crippen MR) is 101 cm³/mol. The maximum absolute atomic E-state index is 5.68. The summed E-state index contributed by atoms with van der Waals surface area (Å²) in [6.45, 7) is 5.09. The summed E-state index contributed by atoms with van der Waals surface area (Å²) in [7, 11) is 2.10. The van der Waals surface area contributed by atoms with E-state index in [2.05, 4.69) is 45.0 Å². The molecule has 1 aliphatic carbocycles. The lowest BCUT2D eigenvalue weighted by Crippen LogP contribution is -2.36. The summed E-state index contributed by atoms with van der Waals surface area (Å²) in [5.74, 6) is 2.23. The molecule has 0 bridgehead atoms. The summed E-state index contributed by atoms with van der Waals surface area (Å²) in [6.07, 6.45) is 8.97. The maximum Gasteiger partial charge on any atom is 0.122 e. The Morgan fingerprint density at radius 3 is 3.00 bits per heavy atom. The van der Waals surface area contributed by atoms with Crippen LogP contribution in [-0.2, 0) is 26.6 Å². The Morgan fingerprint density at radius 1 is 1.31 bits per heavy atom. The third-order valence-corrected chi connectivity index (χ3v) is 6.59. The number of aromatic nitrogens is 2. The first kappa shape index (κ1) is 16.3. The lowest BCUT2D eigenvalue weighted by atomic mass is 9.93. The largest absolute Gasteiger partial charge is 0.493 e. The second-order valence-electron chi connectivity index (χ2n) is 8.23. The van der Waals surface area contributed by atoms with Gasteiger partial charge in [-0.05, 0) is 55.0 Å². The van der Waals surface area contributed by atoms with Crippen LogP contribution >= 0.6 is 0 Å². The highest BCUT2D eigenvalue weighted by atomic mass is 16.5. The van der Waals surface area contributed by atoms with Gasteiger partial charge < -0.3 is 14.6 Å². The van der Waals surface area contributed by atoms with Crippen molar-refractivity contribution in [2.75, 3.05) is 19.7 Å². The highest BCUT2D eigenvalue weighted by Crippen LogP contribution is 2.56. The minimum Gasteiger partial charge on any atom is -0.493 e. The van der Waals surface area contributed by atoms with Gasteiger partial charge in [0.1, 0.15) is 11.6 Å². The number of aryl methyl sites for hydroxylation is 1. The molecule has 1 aromatic heterocycles. The summed E-state index contributed by atoms with van der Waals surface area (Å²) < 4.78 is 7.83. The first-order chi connectivity index (χ1) is 12.7. The Balaban J connectivity index is 1.38. The molecule has 2 aromatic rings. The van der Waals surface area contributed by atoms with Crippen LogP contribution in [-0.4, -0.2) is 40.2 Å². The van der Waals surface area contributed by atoms with E-state index in [0.29, 0.717) is 11.5 Å². The molecule has 0 amide bonds. The SMILES string of the molecule is Cn1ccnc1CN(Cc1ccc2c(c1)CCO2)C1CC12CCNCC2. The van der Waals surface area contributed by atoms with Gasteiger partial charge >= 0.3 is 0 Å². The van der Waals surface area contributed by atoms with Crippen LogP contribution in [0.1, 0.15) is 36.2 Å². The maximum atomic E-state index is 5.68. The fourth-order valence-corrected chi connectivity index (χ4v) is 4.88. The van der Waals surface area contributed by atoms with Gasteiger partial charge in [0.05, 0.1) is 13.2 Å². The third kappa shape index (κ3) is 2.93. The summed E-state index contributed by atoms with van der Waals surface area (Å²) >= 11 is 0. The van der Waals surface area contributed by atoms with Crippen molar-refractivity contribution in [2.45, 2.75) is 44.8 Å². The average Bonchev–Trinajstić information content (AvgIpc) is 2.98. The van der Waals surface area contributed by atoms with Crippen LogP contribution in [0.15, 0.2) is 30.6 Å². The highest BCUT2D eigenvalue weighted by molar-refractivity contribution is 5.39. The molecule has 138 valence electrons. The number of rotatable bonds is 5. The van der Waals surface area contributed by atoms with Crippen molar-refractivity contribution in [3.8, 4) is 5.75 Å². The minimum absolute atomic E-state index is 0.538. The third-order valence-electron chi connectivity index (χ3n) is 6.59. The second kappa shape index (κ2) is 6.39. The van der Waals surface area contributed by atoms with Gasteiger partial charge in [0.25, 0.3) is 0 Å². The summed E-state index contributed by atoms with van der Waals surface area (Å²) in [6, 6.07) is 7.44. The normalized spacial score (nSPS) is 23.2.